The van der Waals surface area contributed by atoms with Gasteiger partial charge in [0, 0.05) is 49.7 Å². The van der Waals surface area contributed by atoms with Gasteiger partial charge in [0.2, 0.25) is 11.0 Å². The number of carbonyl (C=O) groups excluding carboxylic acids is 2. The Bertz CT molecular complexity index is 1550. The Labute approximate surface area is 243 Å². The second kappa shape index (κ2) is 12.7. The Balaban J connectivity index is 1.04. The lowest BCUT2D eigenvalue weighted by molar-refractivity contribution is -0.115. The molecule has 11 nitrogen and oxygen atoms in total. The van der Waals surface area contributed by atoms with E-state index in [1.807, 2.05) is 12.1 Å². The van der Waals surface area contributed by atoms with Crippen LogP contribution in [0.25, 0.3) is 0 Å². The molecule has 4 aromatic heterocycles. The molecule has 0 aliphatic heterocycles. The Morgan fingerprint density at radius 1 is 1.19 bits per heavy atom. The van der Waals surface area contributed by atoms with Gasteiger partial charge in [-0.1, -0.05) is 16.6 Å². The van der Waals surface area contributed by atoms with Crippen molar-refractivity contribution in [1.82, 2.24) is 40.5 Å². The van der Waals surface area contributed by atoms with Crippen LogP contribution in [0.4, 0.5) is 18.3 Å². The molecule has 4 aromatic rings. The van der Waals surface area contributed by atoms with Gasteiger partial charge in [0.05, 0.1) is 19.2 Å². The fraction of sp³-hybridized carbons (Fsp3) is 0.407. The van der Waals surface area contributed by atoms with E-state index in [4.69, 9.17) is 0 Å². The Hall–Kier alpha value is -4.27. The molecule has 220 valence electrons. The minimum atomic E-state index is -3.05. The van der Waals surface area contributed by atoms with Gasteiger partial charge in [0.15, 0.2) is 5.69 Å². The molecule has 5 rings (SSSR count). The number of rotatable bonds is 13. The van der Waals surface area contributed by atoms with Crippen molar-refractivity contribution in [3.8, 4) is 0 Å². The molecular weight excluding hydrogens is 571 g/mol. The van der Waals surface area contributed by atoms with Gasteiger partial charge in [-0.25, -0.2) is 17.9 Å². The third-order valence-electron chi connectivity index (χ3n) is 6.53. The number of pyridine rings is 2. The number of aryl methyl sites for hydroxylation is 1. The number of alkyl halides is 3. The maximum Gasteiger partial charge on any atom is 0.273 e. The Morgan fingerprint density at radius 3 is 2.81 bits per heavy atom. The molecule has 0 saturated heterocycles. The summed E-state index contributed by atoms with van der Waals surface area (Å²) in [5, 5.41) is 21.8. The maximum atomic E-state index is 14.7. The van der Waals surface area contributed by atoms with Gasteiger partial charge in [-0.15, -0.1) is 15.3 Å². The lowest BCUT2D eigenvalue weighted by Gasteiger charge is -2.11. The molecule has 1 saturated carbocycles. The second-order valence-electron chi connectivity index (χ2n) is 10.2. The van der Waals surface area contributed by atoms with Crippen molar-refractivity contribution < 1.29 is 22.8 Å². The number of aromatic nitrogens is 7. The number of nitrogens with one attached hydrogen (secondary N) is 2. The minimum Gasteiger partial charge on any atom is -0.346 e. The van der Waals surface area contributed by atoms with Gasteiger partial charge in [-0.05, 0) is 54.5 Å². The zero-order valence-electron chi connectivity index (χ0n) is 22.6. The number of hydrogen-bond acceptors (Lipinski definition) is 9. The van der Waals surface area contributed by atoms with E-state index in [9.17, 15) is 22.8 Å². The highest BCUT2D eigenvalue weighted by atomic mass is 32.1. The van der Waals surface area contributed by atoms with E-state index in [0.717, 1.165) is 13.1 Å². The van der Waals surface area contributed by atoms with Crippen LogP contribution in [0.2, 0.25) is 0 Å². The molecule has 15 heteroatoms. The lowest BCUT2D eigenvalue weighted by atomic mass is 10.1. The number of hydrogen-bond donors (Lipinski definition) is 2. The first-order valence-corrected chi connectivity index (χ1v) is 14.2. The summed E-state index contributed by atoms with van der Waals surface area (Å²) in [4.78, 5) is 32.9. The fourth-order valence-corrected chi connectivity index (χ4v) is 4.93. The Kier molecular flexibility index (Phi) is 8.85. The summed E-state index contributed by atoms with van der Waals surface area (Å²) in [6.07, 6.45) is 7.05. The zero-order chi connectivity index (χ0) is 29.7. The standard InChI is InChI=1S/C27H28F3N9O2S/c1-27(29,30)19-8-16(11-31-13-19)12-33-25(41)22-15-39(38-35-22)14-20(28)4-5-24-36-37-26(42-24)34-23(40)10-21-9-18(6-7-32-21)17-2-3-17/h6-9,11,13,15,17,20H,2-5,10,12,14H2,1H3,(H,33,41)(H,34,37,40). The normalized spacial score (nSPS) is 14.0. The topological polar surface area (TPSA) is 140 Å². The van der Waals surface area contributed by atoms with E-state index in [-0.39, 0.29) is 43.1 Å². The molecule has 1 atom stereocenters. The molecule has 1 fully saturated rings. The molecule has 1 unspecified atom stereocenters. The van der Waals surface area contributed by atoms with Crippen molar-refractivity contribution in [2.45, 2.75) is 70.1 Å². The summed E-state index contributed by atoms with van der Waals surface area (Å²) < 4.78 is 42.9. The van der Waals surface area contributed by atoms with Crippen LogP contribution in [-0.2, 0) is 36.6 Å². The van der Waals surface area contributed by atoms with Gasteiger partial charge in [0.25, 0.3) is 11.8 Å². The molecule has 0 radical (unpaired) electrons. The molecule has 2 amide bonds. The monoisotopic (exact) mass is 599 g/mol. The van der Waals surface area contributed by atoms with Crippen LogP contribution in [0, 0.1) is 0 Å². The van der Waals surface area contributed by atoms with Crippen molar-refractivity contribution in [2.24, 2.45) is 0 Å². The van der Waals surface area contributed by atoms with E-state index in [1.54, 1.807) is 6.20 Å². The molecule has 0 aromatic carbocycles. The third-order valence-corrected chi connectivity index (χ3v) is 7.43. The molecule has 42 heavy (non-hydrogen) atoms. The smallest absolute Gasteiger partial charge is 0.273 e. The summed E-state index contributed by atoms with van der Waals surface area (Å²) in [6, 6.07) is 5.21. The van der Waals surface area contributed by atoms with E-state index >= 15 is 0 Å². The molecule has 0 spiro atoms. The number of anilines is 1. The number of halogens is 3. The molecule has 2 N–H and O–H groups in total. The van der Waals surface area contributed by atoms with Crippen molar-refractivity contribution in [1.29, 1.82) is 0 Å². The van der Waals surface area contributed by atoms with E-state index in [0.29, 0.717) is 33.7 Å². The van der Waals surface area contributed by atoms with Crippen LogP contribution in [0.3, 0.4) is 0 Å². The first-order chi connectivity index (χ1) is 20.1. The minimum absolute atomic E-state index is 0.0360. The van der Waals surface area contributed by atoms with Gasteiger partial charge in [0.1, 0.15) is 11.2 Å². The molecule has 4 heterocycles. The van der Waals surface area contributed by atoms with Crippen LogP contribution < -0.4 is 10.6 Å². The SMILES string of the molecule is CC(F)(F)c1cncc(CNC(=O)c2cn(CC(F)CCc3nnc(NC(=O)Cc4cc(C5CC5)ccn4)s3)nn2)c1. The average Bonchev–Trinajstić information content (AvgIpc) is 3.55. The summed E-state index contributed by atoms with van der Waals surface area (Å²) in [5.74, 6) is -3.31. The molecule has 1 aliphatic rings. The fourth-order valence-electron chi connectivity index (χ4n) is 4.16. The average molecular weight is 600 g/mol. The van der Waals surface area contributed by atoms with Crippen molar-refractivity contribution in [2.75, 3.05) is 5.32 Å². The van der Waals surface area contributed by atoms with Crippen LogP contribution in [0.5, 0.6) is 0 Å². The molecular formula is C27H28F3N9O2S. The molecule has 1 aliphatic carbocycles. The van der Waals surface area contributed by atoms with Crippen LogP contribution in [-0.4, -0.2) is 53.1 Å². The van der Waals surface area contributed by atoms with Crippen LogP contribution in [0.1, 0.15) is 70.0 Å². The zero-order valence-corrected chi connectivity index (χ0v) is 23.5. The first-order valence-electron chi connectivity index (χ1n) is 13.3. The highest BCUT2D eigenvalue weighted by Gasteiger charge is 2.25. The quantitative estimate of drug-likeness (QED) is 0.235. The third kappa shape index (κ3) is 8.15. The Morgan fingerprint density at radius 2 is 2.02 bits per heavy atom. The maximum absolute atomic E-state index is 14.7. The summed E-state index contributed by atoms with van der Waals surface area (Å²) in [7, 11) is 0. The number of carbonyl (C=O) groups is 2. The van der Waals surface area contributed by atoms with Gasteiger partial charge < -0.3 is 10.6 Å². The predicted molar refractivity (Wildman–Crippen MR) is 147 cm³/mol. The van der Waals surface area contributed by atoms with E-state index < -0.39 is 18.0 Å². The number of amides is 2. The highest BCUT2D eigenvalue weighted by Crippen LogP contribution is 2.39. The predicted octanol–water partition coefficient (Wildman–Crippen LogP) is 3.99. The lowest BCUT2D eigenvalue weighted by Crippen LogP contribution is -2.23. The van der Waals surface area contributed by atoms with Gasteiger partial charge in [-0.3, -0.25) is 19.6 Å². The van der Waals surface area contributed by atoms with E-state index in [2.05, 4.69) is 41.1 Å². The van der Waals surface area contributed by atoms with Crippen molar-refractivity contribution in [3.05, 3.63) is 76.1 Å². The van der Waals surface area contributed by atoms with Crippen molar-refractivity contribution in [3.63, 3.8) is 0 Å². The summed E-state index contributed by atoms with van der Waals surface area (Å²) in [6.45, 7) is 0.596. The highest BCUT2D eigenvalue weighted by molar-refractivity contribution is 7.15. The van der Waals surface area contributed by atoms with Gasteiger partial charge >= 0.3 is 0 Å². The summed E-state index contributed by atoms with van der Waals surface area (Å²) in [5.41, 5.74) is 2.01. The molecule has 0 bridgehead atoms. The van der Waals surface area contributed by atoms with Crippen molar-refractivity contribution >= 4 is 28.3 Å². The first kappa shape index (κ1) is 29.2. The number of nitrogens with zero attached hydrogens (tertiary/aromatic N) is 7. The van der Waals surface area contributed by atoms with E-state index in [1.165, 1.54) is 52.9 Å². The second-order valence-corrected chi connectivity index (χ2v) is 11.3. The van der Waals surface area contributed by atoms with Gasteiger partial charge in [-0.2, -0.15) is 0 Å². The van der Waals surface area contributed by atoms with Crippen LogP contribution >= 0.6 is 11.3 Å². The largest absolute Gasteiger partial charge is 0.346 e. The summed E-state index contributed by atoms with van der Waals surface area (Å²) >= 11 is 1.18. The van der Waals surface area contributed by atoms with Crippen LogP contribution in [0.15, 0.2) is 43.0 Å².